The Morgan fingerprint density at radius 2 is 2.20 bits per heavy atom. The molecule has 6 heteroatoms. The maximum absolute atomic E-state index is 12.4. The summed E-state index contributed by atoms with van der Waals surface area (Å²) in [4.78, 5) is 14.9. The number of amides is 1. The van der Waals surface area contributed by atoms with Crippen LogP contribution in [0.25, 0.3) is 0 Å². The number of carbonyl (C=O) groups is 1. The van der Waals surface area contributed by atoms with Crippen LogP contribution in [0.5, 0.6) is 0 Å². The second-order valence-electron chi connectivity index (χ2n) is 6.65. The third-order valence-corrected chi connectivity index (χ3v) is 4.56. The van der Waals surface area contributed by atoms with Gasteiger partial charge in [0.25, 0.3) is 0 Å². The van der Waals surface area contributed by atoms with Gasteiger partial charge in [-0.1, -0.05) is 42.4 Å². The highest BCUT2D eigenvalue weighted by Crippen LogP contribution is 2.15. The van der Waals surface area contributed by atoms with Crippen LogP contribution in [-0.4, -0.2) is 41.1 Å². The predicted octanol–water partition coefficient (Wildman–Crippen LogP) is 2.56. The van der Waals surface area contributed by atoms with Gasteiger partial charge in [-0.05, 0) is 25.3 Å². The highest BCUT2D eigenvalue weighted by Gasteiger charge is 2.27. The first-order valence-corrected chi connectivity index (χ1v) is 8.90. The fourth-order valence-electron chi connectivity index (χ4n) is 3.26. The zero-order chi connectivity index (χ0) is 17.6. The number of rotatable bonds is 7. The summed E-state index contributed by atoms with van der Waals surface area (Å²) in [5.74, 6) is 1.10. The third kappa shape index (κ3) is 4.90. The summed E-state index contributed by atoms with van der Waals surface area (Å²) in [7, 11) is 0. The lowest BCUT2D eigenvalue weighted by atomic mass is 10.1. The predicted molar refractivity (Wildman–Crippen MR) is 97.2 cm³/mol. The fourth-order valence-corrected chi connectivity index (χ4v) is 3.26. The normalized spacial score (nSPS) is 19.0. The van der Waals surface area contributed by atoms with Crippen molar-refractivity contribution in [1.82, 2.24) is 15.4 Å². The molecule has 2 N–H and O–H groups in total. The average molecular weight is 342 g/mol. The van der Waals surface area contributed by atoms with E-state index in [1.165, 1.54) is 5.56 Å². The van der Waals surface area contributed by atoms with Gasteiger partial charge in [-0.15, -0.1) is 0 Å². The molecule has 6 nitrogen and oxygen atoms in total. The van der Waals surface area contributed by atoms with Crippen molar-refractivity contribution >= 4 is 11.7 Å². The number of hydrogen-bond donors (Lipinski definition) is 2. The molecule has 3 rings (SSSR count). The topological polar surface area (TPSA) is 70.4 Å². The van der Waals surface area contributed by atoms with Crippen molar-refractivity contribution in [2.24, 2.45) is 0 Å². The maximum atomic E-state index is 12.4. The first kappa shape index (κ1) is 17.6. The highest BCUT2D eigenvalue weighted by atomic mass is 16.5. The first-order chi connectivity index (χ1) is 12.1. The second kappa shape index (κ2) is 8.27. The van der Waals surface area contributed by atoms with E-state index in [4.69, 9.17) is 4.52 Å². The lowest BCUT2D eigenvalue weighted by molar-refractivity contribution is -0.118. The Bertz CT molecular complexity index is 686. The highest BCUT2D eigenvalue weighted by molar-refractivity contribution is 5.94. The zero-order valence-electron chi connectivity index (χ0n) is 14.9. The number of aryl methyl sites for hydroxylation is 1. The Hall–Kier alpha value is -2.18. The van der Waals surface area contributed by atoms with Gasteiger partial charge in [0.15, 0.2) is 5.82 Å². The summed E-state index contributed by atoms with van der Waals surface area (Å²) in [5.41, 5.74) is 1.33. The number of hydrogen-bond acceptors (Lipinski definition) is 5. The standard InChI is InChI=1S/C19H26N4O2/c1-3-17(19(24)21-18-11-14(2)25-22-18)20-16-9-10-23(13-16)12-15-7-5-4-6-8-15/h4-8,11,16-17,20H,3,9-10,12-13H2,1-2H3,(H,21,22,24)/t16-,17+/m0/s1. The van der Waals surface area contributed by atoms with Crippen molar-refractivity contribution < 1.29 is 9.32 Å². The molecule has 25 heavy (non-hydrogen) atoms. The molecular weight excluding hydrogens is 316 g/mol. The SMILES string of the molecule is CC[C@@H](N[C@H]1CCN(Cc2ccccc2)C1)C(=O)Nc1cc(C)on1. The largest absolute Gasteiger partial charge is 0.360 e. The van der Waals surface area contributed by atoms with Crippen molar-refractivity contribution in [3.05, 3.63) is 47.7 Å². The summed E-state index contributed by atoms with van der Waals surface area (Å²) >= 11 is 0. The second-order valence-corrected chi connectivity index (χ2v) is 6.65. The summed E-state index contributed by atoms with van der Waals surface area (Å²) in [6.45, 7) is 6.79. The molecule has 1 aromatic carbocycles. The molecule has 0 bridgehead atoms. The monoisotopic (exact) mass is 342 g/mol. The zero-order valence-corrected chi connectivity index (χ0v) is 14.9. The van der Waals surface area contributed by atoms with Crippen LogP contribution in [0.3, 0.4) is 0 Å². The van der Waals surface area contributed by atoms with Gasteiger partial charge in [0.1, 0.15) is 5.76 Å². The van der Waals surface area contributed by atoms with Crippen molar-refractivity contribution in [2.75, 3.05) is 18.4 Å². The fraction of sp³-hybridized carbons (Fsp3) is 0.474. The first-order valence-electron chi connectivity index (χ1n) is 8.90. The van der Waals surface area contributed by atoms with Crippen LogP contribution in [-0.2, 0) is 11.3 Å². The minimum Gasteiger partial charge on any atom is -0.360 e. The average Bonchev–Trinajstić information content (AvgIpc) is 3.22. The molecule has 1 fully saturated rings. The molecular formula is C19H26N4O2. The van der Waals surface area contributed by atoms with Crippen molar-refractivity contribution in [3.63, 3.8) is 0 Å². The molecule has 0 aliphatic carbocycles. The third-order valence-electron chi connectivity index (χ3n) is 4.56. The van der Waals surface area contributed by atoms with E-state index in [2.05, 4.69) is 45.0 Å². The Labute approximate surface area is 148 Å². The maximum Gasteiger partial charge on any atom is 0.242 e. The van der Waals surface area contributed by atoms with Gasteiger partial charge >= 0.3 is 0 Å². The van der Waals surface area contributed by atoms with Crippen LogP contribution in [0.1, 0.15) is 31.1 Å². The van der Waals surface area contributed by atoms with Crippen LogP contribution in [0.15, 0.2) is 40.9 Å². The molecule has 1 aliphatic heterocycles. The molecule has 1 aliphatic rings. The summed E-state index contributed by atoms with van der Waals surface area (Å²) < 4.78 is 4.99. The van der Waals surface area contributed by atoms with Crippen molar-refractivity contribution in [1.29, 1.82) is 0 Å². The Morgan fingerprint density at radius 1 is 1.40 bits per heavy atom. The van der Waals surface area contributed by atoms with E-state index in [0.29, 0.717) is 17.6 Å². The quantitative estimate of drug-likeness (QED) is 0.809. The van der Waals surface area contributed by atoms with Crippen LogP contribution in [0, 0.1) is 6.92 Å². The Balaban J connectivity index is 1.49. The van der Waals surface area contributed by atoms with E-state index >= 15 is 0 Å². The molecule has 0 spiro atoms. The number of anilines is 1. The molecule has 0 radical (unpaired) electrons. The molecule has 134 valence electrons. The van der Waals surface area contributed by atoms with Crippen molar-refractivity contribution in [2.45, 2.75) is 45.3 Å². The van der Waals surface area contributed by atoms with E-state index in [0.717, 1.165) is 32.5 Å². The Morgan fingerprint density at radius 3 is 2.88 bits per heavy atom. The molecule has 0 saturated carbocycles. The molecule has 1 saturated heterocycles. The van der Waals surface area contributed by atoms with Gasteiger partial charge in [0, 0.05) is 31.7 Å². The number of nitrogens with one attached hydrogen (secondary N) is 2. The van der Waals surface area contributed by atoms with Gasteiger partial charge in [0.2, 0.25) is 5.91 Å². The van der Waals surface area contributed by atoms with Crippen LogP contribution < -0.4 is 10.6 Å². The molecule has 2 atom stereocenters. The molecule has 2 heterocycles. The Kier molecular flexibility index (Phi) is 5.83. The van der Waals surface area contributed by atoms with E-state index in [1.807, 2.05) is 13.0 Å². The molecule has 1 aromatic heterocycles. The van der Waals surface area contributed by atoms with E-state index < -0.39 is 0 Å². The van der Waals surface area contributed by atoms with Gasteiger partial charge in [-0.25, -0.2) is 0 Å². The molecule has 2 aromatic rings. The van der Waals surface area contributed by atoms with Crippen LogP contribution in [0.4, 0.5) is 5.82 Å². The van der Waals surface area contributed by atoms with Crippen LogP contribution in [0.2, 0.25) is 0 Å². The molecule has 1 amide bonds. The van der Waals surface area contributed by atoms with E-state index in [1.54, 1.807) is 13.0 Å². The number of carbonyl (C=O) groups excluding carboxylic acids is 1. The van der Waals surface area contributed by atoms with Crippen molar-refractivity contribution in [3.8, 4) is 0 Å². The smallest absolute Gasteiger partial charge is 0.242 e. The van der Waals surface area contributed by atoms with Gasteiger partial charge < -0.3 is 15.2 Å². The summed E-state index contributed by atoms with van der Waals surface area (Å²) in [6, 6.07) is 12.3. The van der Waals surface area contributed by atoms with Gasteiger partial charge in [-0.2, -0.15) is 0 Å². The number of benzene rings is 1. The van der Waals surface area contributed by atoms with E-state index in [9.17, 15) is 4.79 Å². The van der Waals surface area contributed by atoms with Gasteiger partial charge in [-0.3, -0.25) is 9.69 Å². The van der Waals surface area contributed by atoms with E-state index in [-0.39, 0.29) is 11.9 Å². The molecule has 0 unspecified atom stereocenters. The van der Waals surface area contributed by atoms with Gasteiger partial charge in [0.05, 0.1) is 6.04 Å². The number of likely N-dealkylation sites (tertiary alicyclic amines) is 1. The lowest BCUT2D eigenvalue weighted by Crippen LogP contribution is -2.46. The summed E-state index contributed by atoms with van der Waals surface area (Å²) in [5, 5.41) is 10.1. The lowest BCUT2D eigenvalue weighted by Gasteiger charge is -2.21. The minimum atomic E-state index is -0.223. The minimum absolute atomic E-state index is 0.0580. The number of nitrogens with zero attached hydrogens (tertiary/aromatic N) is 2. The van der Waals surface area contributed by atoms with Crippen LogP contribution >= 0.6 is 0 Å². The summed E-state index contributed by atoms with van der Waals surface area (Å²) in [6.07, 6.45) is 1.79. The number of aromatic nitrogens is 1.